The van der Waals surface area contributed by atoms with Crippen LogP contribution in [0.1, 0.15) is 42.4 Å². The molecule has 0 aliphatic carbocycles. The summed E-state index contributed by atoms with van der Waals surface area (Å²) in [6, 6.07) is 18.8. The summed E-state index contributed by atoms with van der Waals surface area (Å²) in [4.78, 5) is 38.6. The van der Waals surface area contributed by atoms with E-state index in [1.165, 1.54) is 24.3 Å². The van der Waals surface area contributed by atoms with Crippen molar-refractivity contribution in [3.05, 3.63) is 95.3 Å². The Morgan fingerprint density at radius 2 is 1.61 bits per heavy atom. The average Bonchev–Trinajstić information content (AvgIpc) is 2.98. The third-order valence-corrected chi connectivity index (χ3v) is 7.07. The van der Waals surface area contributed by atoms with Gasteiger partial charge >= 0.3 is 0 Å². The number of hydroxylamine groups is 1. The highest BCUT2D eigenvalue weighted by Gasteiger charge is 2.21. The van der Waals surface area contributed by atoms with Gasteiger partial charge in [-0.3, -0.25) is 19.6 Å². The second kappa shape index (κ2) is 16.2. The zero-order valence-corrected chi connectivity index (χ0v) is 23.5. The lowest BCUT2D eigenvalue weighted by atomic mass is 10.0. The molecule has 0 fully saturated rings. The molecule has 0 bridgehead atoms. The molecule has 0 spiro atoms. The van der Waals surface area contributed by atoms with E-state index in [1.54, 1.807) is 47.6 Å². The van der Waals surface area contributed by atoms with E-state index in [-0.39, 0.29) is 36.2 Å². The molecule has 1 unspecified atom stereocenters. The highest BCUT2D eigenvalue weighted by atomic mass is 32.2. The molecular weight excluding hydrogens is 545 g/mol. The number of carbonyl (C=O) groups excluding carboxylic acids is 3. The minimum absolute atomic E-state index is 0.0841. The van der Waals surface area contributed by atoms with Gasteiger partial charge in [-0.1, -0.05) is 42.8 Å². The molecule has 3 amide bonds. The fourth-order valence-electron chi connectivity index (χ4n) is 4.08. The minimum atomic E-state index is -0.968. The topological polar surface area (TPSA) is 128 Å². The smallest absolute Gasteiger partial charge is 0.266 e. The first-order valence-corrected chi connectivity index (χ1v) is 14.4. The number of hydrogen-bond donors (Lipinski definition) is 5. The number of thioether (sulfide) groups is 1. The second-order valence-corrected chi connectivity index (χ2v) is 10.3. The zero-order valence-electron chi connectivity index (χ0n) is 22.7. The first kappa shape index (κ1) is 31.4. The normalized spacial score (nSPS) is 11.9. The number of rotatable bonds is 14. The van der Waals surface area contributed by atoms with E-state index in [4.69, 9.17) is 5.21 Å². The summed E-state index contributed by atoms with van der Waals surface area (Å²) >= 11 is 1.62. The van der Waals surface area contributed by atoms with Crippen LogP contribution in [0.4, 0.5) is 4.39 Å². The van der Waals surface area contributed by atoms with Crippen molar-refractivity contribution in [3.8, 4) is 5.75 Å². The van der Waals surface area contributed by atoms with Crippen LogP contribution in [0.2, 0.25) is 0 Å². The monoisotopic (exact) mass is 579 g/mol. The van der Waals surface area contributed by atoms with E-state index in [0.717, 1.165) is 10.5 Å². The number of phenols is 1. The van der Waals surface area contributed by atoms with Crippen LogP contribution in [-0.4, -0.2) is 46.9 Å². The molecule has 10 heteroatoms. The van der Waals surface area contributed by atoms with Gasteiger partial charge in [-0.2, -0.15) is 0 Å². The molecule has 0 aromatic heterocycles. The number of halogens is 1. The summed E-state index contributed by atoms with van der Waals surface area (Å²) in [5, 5.41) is 24.0. The summed E-state index contributed by atoms with van der Waals surface area (Å²) in [7, 11) is 0. The summed E-state index contributed by atoms with van der Waals surface area (Å²) in [5.74, 6) is -1.66. The first-order chi connectivity index (χ1) is 19.8. The van der Waals surface area contributed by atoms with Crippen LogP contribution < -0.4 is 16.1 Å². The van der Waals surface area contributed by atoms with Gasteiger partial charge in [0.15, 0.2) is 0 Å². The van der Waals surface area contributed by atoms with Crippen molar-refractivity contribution in [2.24, 2.45) is 0 Å². The molecule has 3 aromatic rings. The van der Waals surface area contributed by atoms with Gasteiger partial charge in [-0.25, -0.2) is 9.87 Å². The van der Waals surface area contributed by atoms with Crippen LogP contribution >= 0.6 is 11.8 Å². The first-order valence-electron chi connectivity index (χ1n) is 13.2. The summed E-state index contributed by atoms with van der Waals surface area (Å²) in [5.41, 5.74) is 4.15. The summed E-state index contributed by atoms with van der Waals surface area (Å²) in [6.07, 6.45) is 5.91. The Hall–Kier alpha value is -4.15. The molecule has 3 aromatic carbocycles. The SMILES string of the molecule is CSc1ccc(C=C(C(=O)NCCCCCC(=O)NC(Cc2ccc(O)cc2)C(=O)NO)c2ccc(F)cc2)cc1. The van der Waals surface area contributed by atoms with Crippen LogP contribution in [-0.2, 0) is 20.8 Å². The van der Waals surface area contributed by atoms with E-state index in [2.05, 4.69) is 10.6 Å². The molecule has 8 nitrogen and oxygen atoms in total. The van der Waals surface area contributed by atoms with Crippen LogP contribution in [0, 0.1) is 5.82 Å². The lowest BCUT2D eigenvalue weighted by Crippen LogP contribution is -2.47. The van der Waals surface area contributed by atoms with E-state index < -0.39 is 11.9 Å². The predicted molar refractivity (Wildman–Crippen MR) is 158 cm³/mol. The van der Waals surface area contributed by atoms with Crippen LogP contribution in [0.15, 0.2) is 77.7 Å². The Balaban J connectivity index is 1.48. The number of hydrogen-bond acceptors (Lipinski definition) is 6. The van der Waals surface area contributed by atoms with Gasteiger partial charge in [-0.15, -0.1) is 11.8 Å². The Kier molecular flexibility index (Phi) is 12.4. The molecule has 0 radical (unpaired) electrons. The maximum atomic E-state index is 13.5. The molecule has 1 atom stereocenters. The molecule has 0 aliphatic heterocycles. The van der Waals surface area contributed by atoms with Gasteiger partial charge in [0.25, 0.3) is 11.8 Å². The van der Waals surface area contributed by atoms with Crippen LogP contribution in [0.25, 0.3) is 11.6 Å². The second-order valence-electron chi connectivity index (χ2n) is 9.37. The number of phenolic OH excluding ortho intramolecular Hbond substituents is 1. The number of benzene rings is 3. The van der Waals surface area contributed by atoms with Crippen molar-refractivity contribution in [1.82, 2.24) is 16.1 Å². The molecule has 5 N–H and O–H groups in total. The quantitative estimate of drug-likeness (QED) is 0.0470. The molecule has 0 saturated heterocycles. The lowest BCUT2D eigenvalue weighted by Gasteiger charge is -2.17. The van der Waals surface area contributed by atoms with Gasteiger partial charge in [0.1, 0.15) is 17.6 Å². The Morgan fingerprint density at radius 1 is 0.927 bits per heavy atom. The maximum Gasteiger partial charge on any atom is 0.266 e. The summed E-state index contributed by atoms with van der Waals surface area (Å²) in [6.45, 7) is 0.390. The molecule has 216 valence electrons. The third-order valence-electron chi connectivity index (χ3n) is 6.33. The maximum absolute atomic E-state index is 13.5. The van der Waals surface area contributed by atoms with Crippen LogP contribution in [0.5, 0.6) is 5.75 Å². The number of aromatic hydroxyl groups is 1. The molecule has 41 heavy (non-hydrogen) atoms. The van der Waals surface area contributed by atoms with Gasteiger partial charge in [0, 0.05) is 29.9 Å². The van der Waals surface area contributed by atoms with Crippen molar-refractivity contribution in [1.29, 1.82) is 0 Å². The van der Waals surface area contributed by atoms with Crippen molar-refractivity contribution in [3.63, 3.8) is 0 Å². The van der Waals surface area contributed by atoms with Crippen LogP contribution in [0.3, 0.4) is 0 Å². The molecule has 3 rings (SSSR count). The standard InChI is InChI=1S/C31H34FN3O5S/c1-41-26-16-8-21(9-17-26)19-27(23-10-12-24(32)13-11-23)30(38)33-18-4-2-3-5-29(37)34-28(31(39)35-40)20-22-6-14-25(36)15-7-22/h6-17,19,28,36,40H,2-5,18,20H2,1H3,(H,33,38)(H,34,37)(H,35,39). The lowest BCUT2D eigenvalue weighted by molar-refractivity contribution is -0.134. The predicted octanol–water partition coefficient (Wildman–Crippen LogP) is 4.70. The Labute approximate surface area is 243 Å². The Morgan fingerprint density at radius 3 is 2.24 bits per heavy atom. The van der Waals surface area contributed by atoms with E-state index in [0.29, 0.717) is 42.5 Å². The Bertz CT molecular complexity index is 1330. The van der Waals surface area contributed by atoms with Gasteiger partial charge in [0.2, 0.25) is 5.91 Å². The van der Waals surface area contributed by atoms with Crippen molar-refractivity contribution in [2.45, 2.75) is 43.0 Å². The molecule has 0 saturated carbocycles. The largest absolute Gasteiger partial charge is 0.508 e. The molecule has 0 heterocycles. The average molecular weight is 580 g/mol. The molecular formula is C31H34FN3O5S. The number of carbonyl (C=O) groups is 3. The van der Waals surface area contributed by atoms with E-state index in [1.807, 2.05) is 30.5 Å². The van der Waals surface area contributed by atoms with Crippen molar-refractivity contribution in [2.75, 3.05) is 12.8 Å². The molecule has 0 aliphatic rings. The number of nitrogens with one attached hydrogen (secondary N) is 3. The zero-order chi connectivity index (χ0) is 29.6. The van der Waals surface area contributed by atoms with Crippen molar-refractivity contribution >= 4 is 41.1 Å². The van der Waals surface area contributed by atoms with Gasteiger partial charge in [-0.05, 0) is 78.3 Å². The minimum Gasteiger partial charge on any atom is -0.508 e. The third kappa shape index (κ3) is 10.4. The number of unbranched alkanes of at least 4 members (excludes halogenated alkanes) is 2. The van der Waals surface area contributed by atoms with E-state index in [9.17, 15) is 23.9 Å². The highest BCUT2D eigenvalue weighted by Crippen LogP contribution is 2.22. The number of amides is 3. The van der Waals surface area contributed by atoms with Gasteiger partial charge in [0.05, 0.1) is 0 Å². The van der Waals surface area contributed by atoms with E-state index >= 15 is 0 Å². The van der Waals surface area contributed by atoms with Crippen molar-refractivity contribution < 1.29 is 29.1 Å². The van der Waals surface area contributed by atoms with Gasteiger partial charge < -0.3 is 15.7 Å². The summed E-state index contributed by atoms with van der Waals surface area (Å²) < 4.78 is 13.5. The highest BCUT2D eigenvalue weighted by molar-refractivity contribution is 7.98. The fraction of sp³-hybridized carbons (Fsp3) is 0.258. The fourth-order valence-corrected chi connectivity index (χ4v) is 4.49.